The summed E-state index contributed by atoms with van der Waals surface area (Å²) in [6, 6.07) is 8.71. The SMILES string of the molecule is Cc1cccc(CNCCCCC(C)C)c1. The third kappa shape index (κ3) is 5.92. The summed E-state index contributed by atoms with van der Waals surface area (Å²) in [5.74, 6) is 0.844. The van der Waals surface area contributed by atoms with E-state index in [0.29, 0.717) is 0 Å². The Hall–Kier alpha value is -0.820. The third-order valence-corrected chi connectivity index (χ3v) is 2.80. The highest BCUT2D eigenvalue weighted by molar-refractivity contribution is 5.21. The molecule has 0 unspecified atom stereocenters. The summed E-state index contributed by atoms with van der Waals surface area (Å²) in [5.41, 5.74) is 2.74. The molecule has 1 N–H and O–H groups in total. The topological polar surface area (TPSA) is 12.0 Å². The minimum atomic E-state index is 0.844. The van der Waals surface area contributed by atoms with Crippen molar-refractivity contribution in [3.63, 3.8) is 0 Å². The van der Waals surface area contributed by atoms with E-state index in [0.717, 1.165) is 19.0 Å². The second-order valence-corrected chi connectivity index (χ2v) is 5.06. The van der Waals surface area contributed by atoms with Gasteiger partial charge in [-0.15, -0.1) is 0 Å². The predicted molar refractivity (Wildman–Crippen MR) is 71.6 cm³/mol. The van der Waals surface area contributed by atoms with E-state index >= 15 is 0 Å². The minimum Gasteiger partial charge on any atom is -0.313 e. The molecule has 16 heavy (non-hydrogen) atoms. The monoisotopic (exact) mass is 219 g/mol. The molecule has 0 amide bonds. The number of hydrogen-bond acceptors (Lipinski definition) is 1. The van der Waals surface area contributed by atoms with E-state index < -0.39 is 0 Å². The normalized spacial score (nSPS) is 11.0. The van der Waals surface area contributed by atoms with Gasteiger partial charge in [-0.05, 0) is 31.4 Å². The van der Waals surface area contributed by atoms with Crippen LogP contribution in [0.15, 0.2) is 24.3 Å². The van der Waals surface area contributed by atoms with Gasteiger partial charge >= 0.3 is 0 Å². The molecule has 0 saturated heterocycles. The van der Waals surface area contributed by atoms with Gasteiger partial charge < -0.3 is 5.32 Å². The summed E-state index contributed by atoms with van der Waals surface area (Å²) in [4.78, 5) is 0. The smallest absolute Gasteiger partial charge is 0.0205 e. The van der Waals surface area contributed by atoms with Crippen LogP contribution in [0.25, 0.3) is 0 Å². The van der Waals surface area contributed by atoms with Gasteiger partial charge in [0.25, 0.3) is 0 Å². The van der Waals surface area contributed by atoms with Crippen molar-refractivity contribution in [1.82, 2.24) is 5.32 Å². The van der Waals surface area contributed by atoms with Gasteiger partial charge in [0.1, 0.15) is 0 Å². The van der Waals surface area contributed by atoms with Crippen LogP contribution >= 0.6 is 0 Å². The highest BCUT2D eigenvalue weighted by Crippen LogP contribution is 2.06. The molecule has 0 aliphatic carbocycles. The Balaban J connectivity index is 2.07. The van der Waals surface area contributed by atoms with Crippen LogP contribution in [0.2, 0.25) is 0 Å². The first-order valence-corrected chi connectivity index (χ1v) is 6.44. The molecular formula is C15H25N. The molecule has 0 spiro atoms. The Kier molecular flexibility index (Phi) is 6.17. The molecule has 1 aromatic carbocycles. The van der Waals surface area contributed by atoms with E-state index in [-0.39, 0.29) is 0 Å². The fourth-order valence-corrected chi connectivity index (χ4v) is 1.86. The Bertz CT molecular complexity index is 291. The van der Waals surface area contributed by atoms with Crippen molar-refractivity contribution in [3.05, 3.63) is 35.4 Å². The average Bonchev–Trinajstić information content (AvgIpc) is 2.23. The van der Waals surface area contributed by atoms with Crippen LogP contribution in [0.1, 0.15) is 44.2 Å². The van der Waals surface area contributed by atoms with Crippen molar-refractivity contribution in [2.24, 2.45) is 5.92 Å². The molecule has 0 radical (unpaired) electrons. The number of hydrogen-bond donors (Lipinski definition) is 1. The Labute approximate surface area is 100 Å². The maximum absolute atomic E-state index is 3.50. The molecule has 1 rings (SSSR count). The maximum atomic E-state index is 3.50. The largest absolute Gasteiger partial charge is 0.313 e. The van der Waals surface area contributed by atoms with Gasteiger partial charge in [0.05, 0.1) is 0 Å². The standard InChI is InChI=1S/C15H25N/c1-13(2)7-4-5-10-16-12-15-9-6-8-14(3)11-15/h6,8-9,11,13,16H,4-5,7,10,12H2,1-3H3. The van der Waals surface area contributed by atoms with Crippen molar-refractivity contribution < 1.29 is 0 Å². The van der Waals surface area contributed by atoms with Crippen molar-refractivity contribution in [1.29, 1.82) is 0 Å². The quantitative estimate of drug-likeness (QED) is 0.686. The molecule has 90 valence electrons. The lowest BCUT2D eigenvalue weighted by molar-refractivity contribution is 0.520. The van der Waals surface area contributed by atoms with Crippen LogP contribution in [0.5, 0.6) is 0 Å². The number of nitrogens with one attached hydrogen (secondary N) is 1. The van der Waals surface area contributed by atoms with Gasteiger partial charge in [-0.2, -0.15) is 0 Å². The van der Waals surface area contributed by atoms with Crippen LogP contribution in [0, 0.1) is 12.8 Å². The van der Waals surface area contributed by atoms with Crippen molar-refractivity contribution >= 4 is 0 Å². The first-order chi connectivity index (χ1) is 7.68. The van der Waals surface area contributed by atoms with Crippen LogP contribution < -0.4 is 5.32 Å². The lowest BCUT2D eigenvalue weighted by atomic mass is 10.1. The van der Waals surface area contributed by atoms with Crippen LogP contribution in [0.4, 0.5) is 0 Å². The van der Waals surface area contributed by atoms with E-state index in [9.17, 15) is 0 Å². The van der Waals surface area contributed by atoms with E-state index in [1.807, 2.05) is 0 Å². The molecular weight excluding hydrogens is 194 g/mol. The first kappa shape index (κ1) is 13.2. The lowest BCUT2D eigenvalue weighted by Gasteiger charge is -2.07. The van der Waals surface area contributed by atoms with E-state index in [1.54, 1.807) is 0 Å². The second kappa shape index (κ2) is 7.45. The van der Waals surface area contributed by atoms with Gasteiger partial charge in [-0.1, -0.05) is 56.5 Å². The van der Waals surface area contributed by atoms with Gasteiger partial charge in [0, 0.05) is 6.54 Å². The summed E-state index contributed by atoms with van der Waals surface area (Å²) >= 11 is 0. The molecule has 0 bridgehead atoms. The Morgan fingerprint density at radius 3 is 2.69 bits per heavy atom. The Morgan fingerprint density at radius 2 is 2.00 bits per heavy atom. The zero-order chi connectivity index (χ0) is 11.8. The van der Waals surface area contributed by atoms with E-state index in [1.165, 1.54) is 30.4 Å². The number of unbranched alkanes of at least 4 members (excludes halogenated alkanes) is 1. The average molecular weight is 219 g/mol. The third-order valence-electron chi connectivity index (χ3n) is 2.80. The molecule has 0 aromatic heterocycles. The molecule has 0 fully saturated rings. The molecule has 0 atom stereocenters. The van der Waals surface area contributed by atoms with E-state index in [2.05, 4.69) is 50.4 Å². The van der Waals surface area contributed by atoms with Gasteiger partial charge in [-0.25, -0.2) is 0 Å². The van der Waals surface area contributed by atoms with Crippen molar-refractivity contribution in [3.8, 4) is 0 Å². The highest BCUT2D eigenvalue weighted by Gasteiger charge is 1.95. The summed E-state index contributed by atoms with van der Waals surface area (Å²) in [7, 11) is 0. The minimum absolute atomic E-state index is 0.844. The van der Waals surface area contributed by atoms with Crippen molar-refractivity contribution in [2.75, 3.05) is 6.54 Å². The van der Waals surface area contributed by atoms with Crippen LogP contribution in [-0.2, 0) is 6.54 Å². The summed E-state index contributed by atoms with van der Waals surface area (Å²) in [6.45, 7) is 8.87. The lowest BCUT2D eigenvalue weighted by Crippen LogP contribution is -2.14. The molecule has 1 nitrogen and oxygen atoms in total. The summed E-state index contributed by atoms with van der Waals surface area (Å²) in [5, 5.41) is 3.50. The fourth-order valence-electron chi connectivity index (χ4n) is 1.86. The van der Waals surface area contributed by atoms with Gasteiger partial charge in [-0.3, -0.25) is 0 Å². The second-order valence-electron chi connectivity index (χ2n) is 5.06. The molecule has 0 aliphatic rings. The van der Waals surface area contributed by atoms with E-state index in [4.69, 9.17) is 0 Å². The number of rotatable bonds is 7. The van der Waals surface area contributed by atoms with Crippen molar-refractivity contribution in [2.45, 2.75) is 46.6 Å². The summed E-state index contributed by atoms with van der Waals surface area (Å²) < 4.78 is 0. The number of aryl methyl sites for hydroxylation is 1. The van der Waals surface area contributed by atoms with Crippen LogP contribution in [-0.4, -0.2) is 6.54 Å². The molecule has 0 heterocycles. The first-order valence-electron chi connectivity index (χ1n) is 6.44. The van der Waals surface area contributed by atoms with Gasteiger partial charge in [0.2, 0.25) is 0 Å². The highest BCUT2D eigenvalue weighted by atomic mass is 14.8. The Morgan fingerprint density at radius 1 is 1.19 bits per heavy atom. The number of benzene rings is 1. The molecule has 0 aliphatic heterocycles. The molecule has 1 aromatic rings. The van der Waals surface area contributed by atoms with Gasteiger partial charge in [0.15, 0.2) is 0 Å². The zero-order valence-corrected chi connectivity index (χ0v) is 10.9. The zero-order valence-electron chi connectivity index (χ0n) is 10.9. The van der Waals surface area contributed by atoms with Crippen LogP contribution in [0.3, 0.4) is 0 Å². The fraction of sp³-hybridized carbons (Fsp3) is 0.600. The molecule has 0 saturated carbocycles. The molecule has 1 heteroatoms. The predicted octanol–water partition coefficient (Wildman–Crippen LogP) is 3.91. The maximum Gasteiger partial charge on any atom is 0.0205 e. The summed E-state index contributed by atoms with van der Waals surface area (Å²) in [6.07, 6.45) is 3.99.